The smallest absolute Gasteiger partial charge is 0.196 e. The molecule has 1 heterocycles. The summed E-state index contributed by atoms with van der Waals surface area (Å²) in [4.78, 5) is 4.19. The van der Waals surface area contributed by atoms with Crippen molar-refractivity contribution in [1.82, 2.24) is 10.6 Å². The van der Waals surface area contributed by atoms with Gasteiger partial charge in [-0.3, -0.25) is 4.99 Å². The molecule has 9 heteroatoms. The van der Waals surface area contributed by atoms with Crippen LogP contribution in [0.4, 0.5) is 5.69 Å². The van der Waals surface area contributed by atoms with Gasteiger partial charge in [-0.2, -0.15) is 0 Å². The Labute approximate surface area is 206 Å². The van der Waals surface area contributed by atoms with Crippen molar-refractivity contribution >= 4 is 34.8 Å². The number of rotatable bonds is 10. The van der Waals surface area contributed by atoms with Gasteiger partial charge in [0.1, 0.15) is 18.5 Å². The monoisotopic (exact) mass is 496 g/mol. The number of hydrogen-bond acceptors (Lipinski definition) is 7. The fraction of sp³-hybridized carbons (Fsp3) is 0.458. The summed E-state index contributed by atoms with van der Waals surface area (Å²) >= 11 is 12.0. The molecule has 1 aliphatic rings. The highest BCUT2D eigenvalue weighted by Crippen LogP contribution is 2.29. The normalized spacial score (nSPS) is 13.6. The second-order valence-corrected chi connectivity index (χ2v) is 8.61. The van der Waals surface area contributed by atoms with Gasteiger partial charge in [-0.1, -0.05) is 55.2 Å². The predicted octanol–water partition coefficient (Wildman–Crippen LogP) is 3.98. The summed E-state index contributed by atoms with van der Waals surface area (Å²) in [6, 6.07) is 13.6. The molecule has 7 nitrogen and oxygen atoms in total. The van der Waals surface area contributed by atoms with Crippen LogP contribution in [0.1, 0.15) is 19.4 Å². The van der Waals surface area contributed by atoms with Gasteiger partial charge in [-0.05, 0) is 36.2 Å². The third-order valence-corrected chi connectivity index (χ3v) is 5.23. The molecule has 182 valence electrons. The Kier molecular flexibility index (Phi) is 12.4. The maximum Gasteiger partial charge on any atom is 0.196 e. The van der Waals surface area contributed by atoms with Gasteiger partial charge in [0, 0.05) is 26.2 Å². The van der Waals surface area contributed by atoms with E-state index >= 15 is 0 Å². The molecule has 0 aromatic heterocycles. The molecule has 0 amide bonds. The van der Waals surface area contributed by atoms with E-state index in [1.807, 2.05) is 38.1 Å². The van der Waals surface area contributed by atoms with E-state index in [9.17, 15) is 5.11 Å². The van der Waals surface area contributed by atoms with E-state index < -0.39 is 6.10 Å². The van der Waals surface area contributed by atoms with Crippen LogP contribution in [0.3, 0.4) is 0 Å². The standard InChI is InChI=1S/C15H25NO3.C9H9Cl2N3/c1-12(2)16-10-14(17)11-19-15-6-4-13(5-7-15)8-9-18-3;10-6-2-1-3-7(11)8(6)14-9-12-4-5-13-9/h4-7,12,14,16-17H,8-11H2,1-3H3;1-3H,4-5H2,(H2,12,13,14). The minimum atomic E-state index is -0.490. The van der Waals surface area contributed by atoms with Crippen LogP contribution in [0.25, 0.3) is 0 Å². The molecular formula is C24H34Cl2N4O3. The number of nitrogens with one attached hydrogen (secondary N) is 3. The number of nitrogens with zero attached hydrogens (tertiary/aromatic N) is 1. The molecule has 2 aromatic rings. The summed E-state index contributed by atoms with van der Waals surface area (Å²) in [7, 11) is 1.70. The fourth-order valence-corrected chi connectivity index (χ4v) is 3.30. The van der Waals surface area contributed by atoms with Crippen LogP contribution in [0.5, 0.6) is 5.75 Å². The summed E-state index contributed by atoms with van der Waals surface area (Å²) in [5, 5.41) is 20.2. The maximum atomic E-state index is 9.73. The first-order valence-electron chi connectivity index (χ1n) is 11.0. The highest BCUT2D eigenvalue weighted by atomic mass is 35.5. The van der Waals surface area contributed by atoms with Gasteiger partial charge < -0.3 is 30.5 Å². The molecule has 4 N–H and O–H groups in total. The van der Waals surface area contributed by atoms with Crippen molar-refractivity contribution in [2.75, 3.05) is 45.3 Å². The summed E-state index contributed by atoms with van der Waals surface area (Å²) in [5.41, 5.74) is 1.92. The molecule has 1 unspecified atom stereocenters. The molecule has 33 heavy (non-hydrogen) atoms. The lowest BCUT2D eigenvalue weighted by Crippen LogP contribution is -2.35. The van der Waals surface area contributed by atoms with Crippen molar-refractivity contribution in [3.05, 3.63) is 58.1 Å². The summed E-state index contributed by atoms with van der Waals surface area (Å²) in [6.45, 7) is 7.30. The third kappa shape index (κ3) is 10.6. The molecule has 0 aliphatic carbocycles. The van der Waals surface area contributed by atoms with Crippen LogP contribution >= 0.6 is 23.2 Å². The van der Waals surface area contributed by atoms with Gasteiger partial charge >= 0.3 is 0 Å². The van der Waals surface area contributed by atoms with E-state index in [1.165, 1.54) is 5.56 Å². The Morgan fingerprint density at radius 3 is 2.39 bits per heavy atom. The first-order chi connectivity index (χ1) is 15.9. The van der Waals surface area contributed by atoms with Crippen LogP contribution in [0.15, 0.2) is 47.5 Å². The van der Waals surface area contributed by atoms with Crippen molar-refractivity contribution < 1.29 is 14.6 Å². The molecule has 3 rings (SSSR count). The number of aliphatic hydroxyl groups is 1. The molecule has 0 spiro atoms. The molecule has 1 atom stereocenters. The predicted molar refractivity (Wildman–Crippen MR) is 137 cm³/mol. The number of anilines is 1. The van der Waals surface area contributed by atoms with Crippen molar-refractivity contribution in [3.63, 3.8) is 0 Å². The zero-order valence-corrected chi connectivity index (χ0v) is 20.9. The van der Waals surface area contributed by atoms with Crippen molar-refractivity contribution in [2.24, 2.45) is 4.99 Å². The lowest BCUT2D eigenvalue weighted by molar-refractivity contribution is 0.104. The van der Waals surface area contributed by atoms with Crippen molar-refractivity contribution in [1.29, 1.82) is 0 Å². The quantitative estimate of drug-likeness (QED) is 0.398. The van der Waals surface area contributed by atoms with Crippen LogP contribution < -0.4 is 20.7 Å². The number of para-hydroxylation sites is 1. The fourth-order valence-electron chi connectivity index (χ4n) is 2.81. The number of aliphatic hydroxyl groups excluding tert-OH is 1. The Hall–Kier alpha value is -2.03. The van der Waals surface area contributed by atoms with Crippen LogP contribution in [0.2, 0.25) is 10.0 Å². The Bertz CT molecular complexity index is 843. The lowest BCUT2D eigenvalue weighted by Gasteiger charge is -2.15. The van der Waals surface area contributed by atoms with Gasteiger partial charge in [0.15, 0.2) is 5.96 Å². The average molecular weight is 497 g/mol. The average Bonchev–Trinajstić information content (AvgIpc) is 3.32. The third-order valence-electron chi connectivity index (χ3n) is 4.60. The first-order valence-corrected chi connectivity index (χ1v) is 11.8. The molecule has 0 fully saturated rings. The van der Waals surface area contributed by atoms with Gasteiger partial charge in [0.05, 0.1) is 28.9 Å². The van der Waals surface area contributed by atoms with Gasteiger partial charge in [0.2, 0.25) is 0 Å². The second-order valence-electron chi connectivity index (χ2n) is 7.79. The molecular weight excluding hydrogens is 463 g/mol. The van der Waals surface area contributed by atoms with Crippen molar-refractivity contribution in [3.8, 4) is 5.75 Å². The van der Waals surface area contributed by atoms with Gasteiger partial charge in [0.25, 0.3) is 0 Å². The number of ether oxygens (including phenoxy) is 2. The number of methoxy groups -OCH3 is 1. The first kappa shape index (κ1) is 27.2. The minimum absolute atomic E-state index is 0.303. The zero-order valence-electron chi connectivity index (χ0n) is 19.4. The number of halogens is 2. The molecule has 0 radical (unpaired) electrons. The largest absolute Gasteiger partial charge is 0.491 e. The van der Waals surface area contributed by atoms with Crippen LogP contribution in [0, 0.1) is 0 Å². The second kappa shape index (κ2) is 15.0. The highest BCUT2D eigenvalue weighted by molar-refractivity contribution is 6.39. The van der Waals surface area contributed by atoms with E-state index in [1.54, 1.807) is 25.3 Å². The molecule has 0 bridgehead atoms. The Morgan fingerprint density at radius 1 is 1.12 bits per heavy atom. The van der Waals surface area contributed by atoms with Crippen LogP contribution in [-0.4, -0.2) is 63.2 Å². The van der Waals surface area contributed by atoms with Crippen molar-refractivity contribution in [2.45, 2.75) is 32.4 Å². The summed E-state index contributed by atoms with van der Waals surface area (Å²) in [6.07, 6.45) is 0.410. The summed E-state index contributed by atoms with van der Waals surface area (Å²) in [5.74, 6) is 1.50. The maximum absolute atomic E-state index is 9.73. The number of benzene rings is 2. The van der Waals surface area contributed by atoms with Crippen LogP contribution in [-0.2, 0) is 11.2 Å². The Morgan fingerprint density at radius 2 is 1.82 bits per heavy atom. The molecule has 1 aliphatic heterocycles. The van der Waals surface area contributed by atoms with E-state index in [0.717, 1.165) is 37.8 Å². The topological polar surface area (TPSA) is 87.1 Å². The lowest BCUT2D eigenvalue weighted by atomic mass is 10.1. The zero-order chi connectivity index (χ0) is 24.1. The highest BCUT2D eigenvalue weighted by Gasteiger charge is 2.10. The molecule has 0 saturated heterocycles. The number of aliphatic imine (C=N–C) groups is 1. The van der Waals surface area contributed by atoms with E-state index in [0.29, 0.717) is 34.9 Å². The van der Waals surface area contributed by atoms with Gasteiger partial charge in [-0.25, -0.2) is 0 Å². The number of guanidine groups is 1. The SMILES string of the molecule is COCCc1ccc(OCC(O)CNC(C)C)cc1.Clc1cccc(Cl)c1NC1=NCCN1. The van der Waals surface area contributed by atoms with E-state index in [4.69, 9.17) is 32.7 Å². The van der Waals surface area contributed by atoms with Gasteiger partial charge in [-0.15, -0.1) is 0 Å². The summed E-state index contributed by atoms with van der Waals surface area (Å²) < 4.78 is 10.6. The minimum Gasteiger partial charge on any atom is -0.491 e. The Balaban J connectivity index is 0.000000243. The molecule has 2 aromatic carbocycles. The van der Waals surface area contributed by atoms with E-state index in [2.05, 4.69) is 20.9 Å². The molecule has 0 saturated carbocycles. The number of hydrogen-bond donors (Lipinski definition) is 4. The van der Waals surface area contributed by atoms with E-state index in [-0.39, 0.29) is 0 Å².